The predicted octanol–water partition coefficient (Wildman–Crippen LogP) is 4.79. The van der Waals surface area contributed by atoms with Gasteiger partial charge in [-0.1, -0.05) is 31.2 Å². The quantitative estimate of drug-likeness (QED) is 0.267. The molecule has 0 spiro atoms. The van der Waals surface area contributed by atoms with Crippen molar-refractivity contribution in [1.29, 1.82) is 0 Å². The molecule has 4 N–H and O–H groups in total. The number of benzene rings is 2. The highest BCUT2D eigenvalue weighted by atomic mass is 19.1. The van der Waals surface area contributed by atoms with Crippen LogP contribution in [0.2, 0.25) is 0 Å². The minimum Gasteiger partial charge on any atom is -0.480 e. The van der Waals surface area contributed by atoms with Gasteiger partial charge in [0.1, 0.15) is 23.8 Å². The zero-order chi connectivity index (χ0) is 24.1. The van der Waals surface area contributed by atoms with Crippen LogP contribution in [0.15, 0.2) is 59.5 Å². The van der Waals surface area contributed by atoms with Crippen LogP contribution in [0.1, 0.15) is 29.5 Å². The smallest absolute Gasteiger partial charge is 0.326 e. The Hall–Kier alpha value is -4.14. The van der Waals surface area contributed by atoms with E-state index in [2.05, 4.69) is 25.6 Å². The number of carboxylic acid groups (broad SMARTS) is 1. The summed E-state index contributed by atoms with van der Waals surface area (Å²) >= 11 is 0. The monoisotopic (exact) mass is 463 g/mol. The molecule has 2 aromatic heterocycles. The Morgan fingerprint density at radius 2 is 2.06 bits per heavy atom. The van der Waals surface area contributed by atoms with Crippen LogP contribution in [0.3, 0.4) is 0 Å². The maximum absolute atomic E-state index is 13.8. The number of rotatable bonds is 10. The largest absolute Gasteiger partial charge is 0.480 e. The molecule has 0 amide bonds. The summed E-state index contributed by atoms with van der Waals surface area (Å²) in [6.07, 6.45) is 5.82. The second kappa shape index (κ2) is 10.2. The van der Waals surface area contributed by atoms with Crippen molar-refractivity contribution in [3.8, 4) is 11.3 Å². The molecule has 2 aromatic carbocycles. The summed E-state index contributed by atoms with van der Waals surface area (Å²) in [4.78, 5) is 23.5. The molecule has 1 unspecified atom stereocenters. The number of aryl methyl sites for hydroxylation is 2. The molecule has 176 valence electrons. The Kier molecular flexibility index (Phi) is 6.91. The first-order valence-electron chi connectivity index (χ1n) is 11.0. The summed E-state index contributed by atoms with van der Waals surface area (Å²) in [7, 11) is 0. The van der Waals surface area contributed by atoms with Gasteiger partial charge >= 0.3 is 5.97 Å². The molecule has 4 rings (SSSR count). The topological polar surface area (TPSA) is 116 Å². The average molecular weight is 464 g/mol. The normalized spacial score (nSPS) is 11.9. The van der Waals surface area contributed by atoms with Gasteiger partial charge in [-0.2, -0.15) is 0 Å². The first kappa shape index (κ1) is 23.0. The third kappa shape index (κ3) is 5.43. The number of aliphatic carboxylic acids is 1. The molecule has 8 nitrogen and oxygen atoms in total. The molecular weight excluding hydrogens is 437 g/mol. The van der Waals surface area contributed by atoms with Crippen molar-refractivity contribution >= 4 is 17.6 Å². The summed E-state index contributed by atoms with van der Waals surface area (Å²) in [5.41, 5.74) is 4.50. The molecule has 1 atom stereocenters. The molecular formula is C25H26FN5O3. The van der Waals surface area contributed by atoms with Crippen molar-refractivity contribution in [2.45, 2.75) is 39.3 Å². The van der Waals surface area contributed by atoms with Crippen molar-refractivity contribution in [3.63, 3.8) is 0 Å². The van der Waals surface area contributed by atoms with E-state index in [0.29, 0.717) is 41.7 Å². The highest BCUT2D eigenvalue weighted by molar-refractivity contribution is 5.79. The van der Waals surface area contributed by atoms with E-state index in [1.165, 1.54) is 12.1 Å². The SMILES string of the molecule is CCc1cc(F)cc(C)c1NC(Cc1ccc(-c2coc(CNc3ncc[nH]3)n2)cc1)C(=O)O. The maximum atomic E-state index is 13.8. The number of nitrogens with zero attached hydrogens (tertiary/aromatic N) is 2. The molecule has 0 aliphatic rings. The number of hydrogen-bond donors (Lipinski definition) is 4. The van der Waals surface area contributed by atoms with E-state index in [1.54, 1.807) is 25.6 Å². The van der Waals surface area contributed by atoms with Crippen LogP contribution < -0.4 is 10.6 Å². The van der Waals surface area contributed by atoms with E-state index in [4.69, 9.17) is 4.42 Å². The zero-order valence-corrected chi connectivity index (χ0v) is 18.9. The zero-order valence-electron chi connectivity index (χ0n) is 18.9. The van der Waals surface area contributed by atoms with E-state index in [1.807, 2.05) is 31.2 Å². The van der Waals surface area contributed by atoms with Gasteiger partial charge in [0.2, 0.25) is 11.8 Å². The molecule has 34 heavy (non-hydrogen) atoms. The van der Waals surface area contributed by atoms with Crippen LogP contribution in [0, 0.1) is 12.7 Å². The van der Waals surface area contributed by atoms with E-state index in [-0.39, 0.29) is 12.2 Å². The van der Waals surface area contributed by atoms with Gasteiger partial charge < -0.3 is 25.1 Å². The number of carbonyl (C=O) groups is 1. The second-order valence-electron chi connectivity index (χ2n) is 7.96. The van der Waals surface area contributed by atoms with Crippen molar-refractivity contribution in [1.82, 2.24) is 15.0 Å². The average Bonchev–Trinajstić information content (AvgIpc) is 3.51. The van der Waals surface area contributed by atoms with Crippen molar-refractivity contribution in [2.24, 2.45) is 0 Å². The van der Waals surface area contributed by atoms with Crippen LogP contribution in [0.5, 0.6) is 0 Å². The number of carboxylic acids is 1. The molecule has 9 heteroatoms. The molecule has 2 heterocycles. The number of nitrogens with one attached hydrogen (secondary N) is 3. The summed E-state index contributed by atoms with van der Waals surface area (Å²) in [5.74, 6) is -0.144. The van der Waals surface area contributed by atoms with Gasteiger partial charge in [0, 0.05) is 30.1 Å². The fourth-order valence-electron chi connectivity index (χ4n) is 3.77. The van der Waals surface area contributed by atoms with Gasteiger partial charge in [-0.15, -0.1) is 0 Å². The third-order valence-electron chi connectivity index (χ3n) is 5.53. The van der Waals surface area contributed by atoms with E-state index in [9.17, 15) is 14.3 Å². The van der Waals surface area contributed by atoms with E-state index < -0.39 is 12.0 Å². The maximum Gasteiger partial charge on any atom is 0.326 e. The molecule has 0 bridgehead atoms. The van der Waals surface area contributed by atoms with Crippen molar-refractivity contribution in [3.05, 3.63) is 83.5 Å². The summed E-state index contributed by atoms with van der Waals surface area (Å²) in [6.45, 7) is 4.07. The van der Waals surface area contributed by atoms with Gasteiger partial charge in [-0.25, -0.2) is 19.2 Å². The molecule has 0 aliphatic heterocycles. The summed E-state index contributed by atoms with van der Waals surface area (Å²) in [6, 6.07) is 9.52. The number of aromatic amines is 1. The van der Waals surface area contributed by atoms with Crippen LogP contribution in [0.4, 0.5) is 16.0 Å². The van der Waals surface area contributed by atoms with Gasteiger partial charge in [0.15, 0.2) is 0 Å². The lowest BCUT2D eigenvalue weighted by Crippen LogP contribution is -2.32. The number of oxazole rings is 1. The second-order valence-corrected chi connectivity index (χ2v) is 7.96. The number of halogens is 1. The highest BCUT2D eigenvalue weighted by Gasteiger charge is 2.20. The van der Waals surface area contributed by atoms with Crippen molar-refractivity contribution < 1.29 is 18.7 Å². The first-order valence-corrected chi connectivity index (χ1v) is 11.0. The number of aromatic nitrogens is 3. The van der Waals surface area contributed by atoms with Crippen LogP contribution >= 0.6 is 0 Å². The van der Waals surface area contributed by atoms with Gasteiger partial charge in [0.25, 0.3) is 0 Å². The Morgan fingerprint density at radius 3 is 2.74 bits per heavy atom. The number of H-pyrrole nitrogens is 1. The predicted molar refractivity (Wildman–Crippen MR) is 127 cm³/mol. The van der Waals surface area contributed by atoms with E-state index >= 15 is 0 Å². The Bertz CT molecular complexity index is 1250. The van der Waals surface area contributed by atoms with Gasteiger partial charge in [-0.05, 0) is 42.2 Å². The summed E-state index contributed by atoms with van der Waals surface area (Å²) < 4.78 is 19.3. The van der Waals surface area contributed by atoms with E-state index in [0.717, 1.165) is 16.7 Å². The molecule has 0 saturated carbocycles. The summed E-state index contributed by atoms with van der Waals surface area (Å²) in [5, 5.41) is 16.0. The first-order chi connectivity index (χ1) is 16.4. The number of imidazole rings is 1. The minimum atomic E-state index is -0.972. The van der Waals surface area contributed by atoms with Crippen LogP contribution in [-0.2, 0) is 24.2 Å². The lowest BCUT2D eigenvalue weighted by molar-refractivity contribution is -0.137. The number of hydrogen-bond acceptors (Lipinski definition) is 6. The fraction of sp³-hybridized carbons (Fsp3) is 0.240. The Labute approximate surface area is 196 Å². The Balaban J connectivity index is 1.43. The molecule has 4 aromatic rings. The lowest BCUT2D eigenvalue weighted by atomic mass is 10.0. The molecule has 0 radical (unpaired) electrons. The molecule has 0 fully saturated rings. The third-order valence-corrected chi connectivity index (χ3v) is 5.53. The van der Waals surface area contributed by atoms with Gasteiger partial charge in [0.05, 0.1) is 6.54 Å². The molecule has 0 saturated heterocycles. The highest BCUT2D eigenvalue weighted by Crippen LogP contribution is 2.25. The standard InChI is InChI=1S/C25H26FN5O3/c1-3-17-12-19(26)10-15(2)23(17)31-20(24(32)33)11-16-4-6-18(7-5-16)21-14-34-22(30-21)13-29-25-27-8-9-28-25/h4-10,12,14,20,31H,3,11,13H2,1-2H3,(H,32,33)(H2,27,28,29). The lowest BCUT2D eigenvalue weighted by Gasteiger charge is -2.20. The minimum absolute atomic E-state index is 0.271. The number of anilines is 2. The fourth-order valence-corrected chi connectivity index (χ4v) is 3.77. The van der Waals surface area contributed by atoms with Crippen LogP contribution in [0.25, 0.3) is 11.3 Å². The molecule has 0 aliphatic carbocycles. The Morgan fingerprint density at radius 1 is 1.26 bits per heavy atom. The van der Waals surface area contributed by atoms with Gasteiger partial charge in [-0.3, -0.25) is 0 Å². The van der Waals surface area contributed by atoms with Crippen LogP contribution in [-0.4, -0.2) is 32.1 Å². The van der Waals surface area contributed by atoms with Crippen molar-refractivity contribution in [2.75, 3.05) is 10.6 Å².